The van der Waals surface area contributed by atoms with Crippen LogP contribution in [0.5, 0.6) is 0 Å². The van der Waals surface area contributed by atoms with E-state index in [1.165, 1.54) is 4.57 Å². The number of hydrogen-bond acceptors (Lipinski definition) is 2. The fourth-order valence-corrected chi connectivity index (χ4v) is 3.06. The minimum atomic E-state index is -2.32. The molecular weight excluding hydrogens is 250 g/mol. The summed E-state index contributed by atoms with van der Waals surface area (Å²) in [5, 5.41) is 0. The second-order valence-corrected chi connectivity index (χ2v) is 4.98. The van der Waals surface area contributed by atoms with Gasteiger partial charge in [-0.25, -0.2) is 9.55 Å². The quantitative estimate of drug-likeness (QED) is 0.398. The van der Waals surface area contributed by atoms with E-state index in [4.69, 9.17) is 4.11 Å². The molecular formula is C15H12N5+. The molecule has 20 heavy (non-hydrogen) atoms. The Hall–Kier alpha value is -2.69. The molecule has 1 aliphatic rings. The fourth-order valence-electron chi connectivity index (χ4n) is 3.06. The zero-order valence-corrected chi connectivity index (χ0v) is 10.5. The first-order valence-electron chi connectivity index (χ1n) is 7.90. The Morgan fingerprint density at radius 1 is 1.25 bits per heavy atom. The average molecular weight is 265 g/mol. The minimum Gasteiger partial charge on any atom is -0.289 e. The van der Waals surface area contributed by atoms with Crippen LogP contribution >= 0.6 is 0 Å². The van der Waals surface area contributed by atoms with Crippen molar-refractivity contribution < 1.29 is 8.68 Å². The van der Waals surface area contributed by atoms with Gasteiger partial charge in [-0.2, -0.15) is 4.40 Å². The highest BCUT2D eigenvalue weighted by atomic mass is 15.2. The molecule has 0 saturated heterocycles. The molecule has 4 aromatic rings. The van der Waals surface area contributed by atoms with Crippen molar-refractivity contribution in [1.29, 1.82) is 0 Å². The normalized spacial score (nSPS) is 15.9. The molecule has 4 aromatic heterocycles. The van der Waals surface area contributed by atoms with E-state index in [9.17, 15) is 0 Å². The van der Waals surface area contributed by atoms with Crippen molar-refractivity contribution >= 4 is 16.8 Å². The number of hydrogen-bond donors (Lipinski definition) is 0. The Labute approximate surface area is 119 Å². The van der Waals surface area contributed by atoms with E-state index in [2.05, 4.69) is 9.97 Å². The van der Waals surface area contributed by atoms with Gasteiger partial charge in [-0.3, -0.25) is 9.55 Å². The van der Waals surface area contributed by atoms with Crippen molar-refractivity contribution in [2.45, 2.75) is 6.54 Å². The van der Waals surface area contributed by atoms with Gasteiger partial charge in [0.1, 0.15) is 12.2 Å². The van der Waals surface area contributed by atoms with Crippen molar-refractivity contribution in [3.05, 3.63) is 48.5 Å². The molecule has 0 bridgehead atoms. The topological polar surface area (TPSA) is 39.0 Å². The Balaban J connectivity index is 2.02. The van der Waals surface area contributed by atoms with Gasteiger partial charge in [0.05, 0.1) is 0 Å². The molecule has 0 unspecified atom stereocenters. The molecule has 96 valence electrons. The fraction of sp³-hybridized carbons (Fsp3) is 0.133. The molecule has 5 nitrogen and oxygen atoms in total. The van der Waals surface area contributed by atoms with Gasteiger partial charge in [0, 0.05) is 29.0 Å². The first-order chi connectivity index (χ1) is 11.1. The highest BCUT2D eigenvalue weighted by Gasteiger charge is 2.33. The maximum absolute atomic E-state index is 7.95. The van der Waals surface area contributed by atoms with Crippen LogP contribution in [0, 0.1) is 0 Å². The van der Waals surface area contributed by atoms with Crippen LogP contribution in [0.3, 0.4) is 0 Å². The van der Waals surface area contributed by atoms with Gasteiger partial charge in [0.25, 0.3) is 12.0 Å². The molecule has 0 aromatic carbocycles. The van der Waals surface area contributed by atoms with E-state index in [0.29, 0.717) is 17.8 Å². The van der Waals surface area contributed by atoms with Crippen LogP contribution in [-0.4, -0.2) is 18.9 Å². The van der Waals surface area contributed by atoms with Gasteiger partial charge < -0.3 is 0 Å². The number of fused-ring (bicyclic) bond motifs is 7. The third kappa shape index (κ3) is 1.02. The molecule has 0 amide bonds. The molecule has 5 rings (SSSR count). The Morgan fingerprint density at radius 3 is 3.10 bits per heavy atom. The van der Waals surface area contributed by atoms with E-state index in [1.807, 2.05) is 39.6 Å². The standard InChI is InChI=1S/C15H12N5/c1-18-14-11(5-3-7-17-14)20-9-19-8-10-4-2-6-16-12(10)13(19)15(18)20/h2-7,9H,8H2,1H3/q+1/i1D3. The van der Waals surface area contributed by atoms with Crippen LogP contribution < -0.4 is 4.57 Å². The van der Waals surface area contributed by atoms with Gasteiger partial charge in [-0.05, 0) is 18.2 Å². The van der Waals surface area contributed by atoms with Crippen molar-refractivity contribution in [1.82, 2.24) is 18.9 Å². The van der Waals surface area contributed by atoms with E-state index in [1.54, 1.807) is 12.4 Å². The lowest BCUT2D eigenvalue weighted by atomic mass is 10.2. The second-order valence-electron chi connectivity index (χ2n) is 4.98. The maximum atomic E-state index is 7.95. The summed E-state index contributed by atoms with van der Waals surface area (Å²) in [6, 6.07) is 7.61. The summed E-state index contributed by atoms with van der Waals surface area (Å²) >= 11 is 0. The van der Waals surface area contributed by atoms with Gasteiger partial charge in [-0.1, -0.05) is 6.07 Å². The Kier molecular flexibility index (Phi) is 1.27. The Bertz CT molecular complexity index is 1090. The molecule has 0 atom stereocenters. The summed E-state index contributed by atoms with van der Waals surface area (Å²) in [4.78, 5) is 8.76. The number of rotatable bonds is 0. The van der Waals surface area contributed by atoms with E-state index in [0.717, 1.165) is 22.5 Å². The molecule has 5 heterocycles. The second kappa shape index (κ2) is 3.25. The van der Waals surface area contributed by atoms with Crippen LogP contribution in [0.1, 0.15) is 9.68 Å². The molecule has 0 fully saturated rings. The van der Waals surface area contributed by atoms with E-state index >= 15 is 0 Å². The zero-order valence-electron chi connectivity index (χ0n) is 13.5. The highest BCUT2D eigenvalue weighted by Crippen LogP contribution is 2.31. The van der Waals surface area contributed by atoms with Crippen LogP contribution in [-0.2, 0) is 13.5 Å². The first-order valence-corrected chi connectivity index (χ1v) is 6.40. The molecule has 0 N–H and O–H groups in total. The van der Waals surface area contributed by atoms with Gasteiger partial charge in [0.2, 0.25) is 5.69 Å². The number of nitrogens with zero attached hydrogens (tertiary/aromatic N) is 5. The summed E-state index contributed by atoms with van der Waals surface area (Å²) in [5.74, 6) is 0. The summed E-state index contributed by atoms with van der Waals surface area (Å²) < 4.78 is 29.1. The van der Waals surface area contributed by atoms with Gasteiger partial charge in [-0.15, -0.1) is 0 Å². The Morgan fingerprint density at radius 2 is 2.15 bits per heavy atom. The minimum absolute atomic E-state index is 0.454. The molecule has 1 aliphatic heterocycles. The smallest absolute Gasteiger partial charge is 0.258 e. The number of imidazole rings is 2. The number of pyridine rings is 2. The van der Waals surface area contributed by atoms with Crippen molar-refractivity contribution in [3.63, 3.8) is 0 Å². The van der Waals surface area contributed by atoms with Crippen LogP contribution in [0.4, 0.5) is 0 Å². The van der Waals surface area contributed by atoms with Crippen LogP contribution in [0.2, 0.25) is 0 Å². The SMILES string of the molecule is [2H]C([2H])([2H])n1c2ncccc2n2c[n+]3c(c12)-c1ncccc1C3. The van der Waals surface area contributed by atoms with Crippen LogP contribution in [0.15, 0.2) is 43.0 Å². The maximum Gasteiger partial charge on any atom is 0.258 e. The van der Waals surface area contributed by atoms with Gasteiger partial charge in [0.15, 0.2) is 11.2 Å². The van der Waals surface area contributed by atoms with Gasteiger partial charge >= 0.3 is 0 Å². The summed E-state index contributed by atoms with van der Waals surface area (Å²) in [6.07, 6.45) is 5.28. The largest absolute Gasteiger partial charge is 0.289 e. The molecule has 0 spiro atoms. The highest BCUT2D eigenvalue weighted by molar-refractivity contribution is 5.84. The van der Waals surface area contributed by atoms with Crippen molar-refractivity contribution in [2.24, 2.45) is 6.98 Å². The first kappa shape index (κ1) is 7.79. The zero-order chi connectivity index (χ0) is 15.8. The molecule has 0 radical (unpaired) electrons. The molecule has 0 saturated carbocycles. The lowest BCUT2D eigenvalue weighted by Crippen LogP contribution is -2.29. The third-order valence-electron chi connectivity index (χ3n) is 3.89. The third-order valence-corrected chi connectivity index (χ3v) is 3.89. The van der Waals surface area contributed by atoms with Crippen molar-refractivity contribution in [2.75, 3.05) is 0 Å². The lowest BCUT2D eigenvalue weighted by molar-refractivity contribution is -0.671. The predicted molar refractivity (Wildman–Crippen MR) is 74.2 cm³/mol. The molecule has 5 heteroatoms. The van der Waals surface area contributed by atoms with Crippen LogP contribution in [0.25, 0.3) is 28.2 Å². The number of aromatic nitrogens is 5. The lowest BCUT2D eigenvalue weighted by Gasteiger charge is -1.94. The predicted octanol–water partition coefficient (Wildman–Crippen LogP) is 1.54. The monoisotopic (exact) mass is 265 g/mol. The molecule has 0 aliphatic carbocycles. The van der Waals surface area contributed by atoms with E-state index < -0.39 is 6.98 Å². The summed E-state index contributed by atoms with van der Waals surface area (Å²) in [7, 11) is 0. The summed E-state index contributed by atoms with van der Waals surface area (Å²) in [6.45, 7) is -1.62. The van der Waals surface area contributed by atoms with Crippen molar-refractivity contribution in [3.8, 4) is 11.4 Å². The number of aryl methyl sites for hydroxylation is 1. The van der Waals surface area contributed by atoms with E-state index in [-0.39, 0.29) is 0 Å². The average Bonchev–Trinajstić information content (AvgIpc) is 3.12. The summed E-state index contributed by atoms with van der Waals surface area (Å²) in [5.41, 5.74) is 4.60.